The normalized spacial score (nSPS) is 26.6. The Balaban J connectivity index is 2.49. The molecule has 0 aliphatic heterocycles. The van der Waals surface area contributed by atoms with E-state index in [9.17, 15) is 19.8 Å². The number of halogens is 1. The number of aromatic amines is 1. The van der Waals surface area contributed by atoms with Crippen LogP contribution in [0.4, 0.5) is 0 Å². The SMILES string of the molecule is C=C1[C@@H](CO)[C@H](O)C[C@H]1n1cc(C=CCl)c(=O)[nH]c1=O. The quantitative estimate of drug-likeness (QED) is 0.696. The molecule has 1 aromatic rings. The number of aliphatic hydroxyl groups is 2. The van der Waals surface area contributed by atoms with E-state index in [0.717, 1.165) is 0 Å². The largest absolute Gasteiger partial charge is 0.396 e. The Kier molecular flexibility index (Phi) is 4.27. The molecule has 108 valence electrons. The molecule has 0 amide bonds. The van der Waals surface area contributed by atoms with Crippen LogP contribution in [0.25, 0.3) is 6.08 Å². The van der Waals surface area contributed by atoms with Crippen molar-refractivity contribution < 1.29 is 10.2 Å². The second kappa shape index (κ2) is 5.78. The zero-order valence-electron chi connectivity index (χ0n) is 10.6. The molecule has 3 N–H and O–H groups in total. The molecule has 1 heterocycles. The molecule has 0 aromatic carbocycles. The summed E-state index contributed by atoms with van der Waals surface area (Å²) in [5, 5.41) is 19.1. The van der Waals surface area contributed by atoms with Crippen LogP contribution in [0.1, 0.15) is 18.0 Å². The van der Waals surface area contributed by atoms with Crippen LogP contribution in [0, 0.1) is 5.92 Å². The van der Waals surface area contributed by atoms with Gasteiger partial charge in [-0.3, -0.25) is 14.3 Å². The summed E-state index contributed by atoms with van der Waals surface area (Å²) in [6, 6.07) is -0.464. The minimum atomic E-state index is -0.761. The highest BCUT2D eigenvalue weighted by Crippen LogP contribution is 2.37. The smallest absolute Gasteiger partial charge is 0.328 e. The first kappa shape index (κ1) is 14.8. The van der Waals surface area contributed by atoms with Gasteiger partial charge in [0, 0.05) is 17.6 Å². The number of nitrogens with one attached hydrogen (secondary N) is 1. The van der Waals surface area contributed by atoms with Crippen LogP contribution in [-0.2, 0) is 0 Å². The molecule has 0 unspecified atom stereocenters. The van der Waals surface area contributed by atoms with Crippen molar-refractivity contribution in [3.8, 4) is 0 Å². The van der Waals surface area contributed by atoms with Crippen molar-refractivity contribution in [3.63, 3.8) is 0 Å². The highest BCUT2D eigenvalue weighted by atomic mass is 35.5. The van der Waals surface area contributed by atoms with Crippen LogP contribution in [0.3, 0.4) is 0 Å². The summed E-state index contributed by atoms with van der Waals surface area (Å²) < 4.78 is 1.30. The second-order valence-electron chi connectivity index (χ2n) is 4.73. The summed E-state index contributed by atoms with van der Waals surface area (Å²) in [7, 11) is 0. The van der Waals surface area contributed by atoms with E-state index in [-0.39, 0.29) is 18.6 Å². The molecule has 1 fully saturated rings. The number of aromatic nitrogens is 2. The zero-order chi connectivity index (χ0) is 14.9. The third kappa shape index (κ3) is 2.49. The Morgan fingerprint density at radius 2 is 2.25 bits per heavy atom. The van der Waals surface area contributed by atoms with Crippen molar-refractivity contribution in [2.75, 3.05) is 6.61 Å². The van der Waals surface area contributed by atoms with Gasteiger partial charge >= 0.3 is 5.69 Å². The van der Waals surface area contributed by atoms with Crippen molar-refractivity contribution >= 4 is 17.7 Å². The molecule has 6 nitrogen and oxygen atoms in total. The van der Waals surface area contributed by atoms with Gasteiger partial charge in [0.15, 0.2) is 0 Å². The van der Waals surface area contributed by atoms with Crippen LogP contribution in [0.2, 0.25) is 0 Å². The molecule has 3 atom stereocenters. The first-order chi connectivity index (χ1) is 9.49. The van der Waals surface area contributed by atoms with Crippen LogP contribution in [-0.4, -0.2) is 32.5 Å². The Bertz CT molecular complexity index is 661. The van der Waals surface area contributed by atoms with E-state index in [1.807, 2.05) is 0 Å². The van der Waals surface area contributed by atoms with Gasteiger partial charge in [-0.1, -0.05) is 18.2 Å². The first-order valence-corrected chi connectivity index (χ1v) is 6.53. The summed E-state index contributed by atoms with van der Waals surface area (Å²) >= 11 is 5.45. The Morgan fingerprint density at radius 1 is 1.55 bits per heavy atom. The maximum absolute atomic E-state index is 11.9. The van der Waals surface area contributed by atoms with Crippen LogP contribution >= 0.6 is 11.6 Å². The third-order valence-electron chi connectivity index (χ3n) is 3.60. The molecule has 1 aliphatic carbocycles. The molecule has 0 bridgehead atoms. The summed E-state index contributed by atoms with van der Waals surface area (Å²) in [6.45, 7) is 3.60. The van der Waals surface area contributed by atoms with Crippen LogP contribution in [0.5, 0.6) is 0 Å². The van der Waals surface area contributed by atoms with Crippen molar-refractivity contribution in [2.24, 2.45) is 5.92 Å². The lowest BCUT2D eigenvalue weighted by atomic mass is 10.0. The van der Waals surface area contributed by atoms with E-state index >= 15 is 0 Å². The number of H-pyrrole nitrogens is 1. The summed E-state index contributed by atoms with van der Waals surface area (Å²) in [4.78, 5) is 25.7. The van der Waals surface area contributed by atoms with Gasteiger partial charge in [-0.2, -0.15) is 0 Å². The van der Waals surface area contributed by atoms with Crippen molar-refractivity contribution in [1.82, 2.24) is 9.55 Å². The third-order valence-corrected chi connectivity index (χ3v) is 3.73. The molecule has 1 aliphatic rings. The minimum Gasteiger partial charge on any atom is -0.396 e. The van der Waals surface area contributed by atoms with Gasteiger partial charge in [-0.05, 0) is 18.1 Å². The van der Waals surface area contributed by atoms with E-state index in [4.69, 9.17) is 11.6 Å². The molecule has 7 heteroatoms. The highest BCUT2D eigenvalue weighted by molar-refractivity contribution is 6.27. The molecule has 1 saturated carbocycles. The van der Waals surface area contributed by atoms with Gasteiger partial charge in [-0.15, -0.1) is 0 Å². The van der Waals surface area contributed by atoms with E-state index in [2.05, 4.69) is 11.6 Å². The van der Waals surface area contributed by atoms with Crippen molar-refractivity contribution in [2.45, 2.75) is 18.6 Å². The zero-order valence-corrected chi connectivity index (χ0v) is 11.4. The Hall–Kier alpha value is -1.63. The molecule has 1 aromatic heterocycles. The summed E-state index contributed by atoms with van der Waals surface area (Å²) in [6.07, 6.45) is 2.25. The lowest BCUT2D eigenvalue weighted by Gasteiger charge is -2.16. The average Bonchev–Trinajstić information content (AvgIpc) is 2.68. The second-order valence-corrected chi connectivity index (χ2v) is 4.98. The molecular formula is C13H15ClN2O4. The molecule has 0 radical (unpaired) electrons. The summed E-state index contributed by atoms with van der Waals surface area (Å²) in [5.74, 6) is -0.467. The number of nitrogens with zero attached hydrogens (tertiary/aromatic N) is 1. The van der Waals surface area contributed by atoms with E-state index in [1.165, 1.54) is 22.4 Å². The van der Waals surface area contributed by atoms with Crippen molar-refractivity contribution in [3.05, 3.63) is 50.3 Å². The van der Waals surface area contributed by atoms with Gasteiger partial charge in [0.05, 0.1) is 24.3 Å². The number of rotatable bonds is 3. The molecule has 0 spiro atoms. The summed E-state index contributed by atoms with van der Waals surface area (Å²) in [5.41, 5.74) is 0.850. The van der Waals surface area contributed by atoms with Gasteiger partial charge in [-0.25, -0.2) is 4.79 Å². The highest BCUT2D eigenvalue weighted by Gasteiger charge is 2.37. The number of hydrogen-bond donors (Lipinski definition) is 3. The molecule has 2 rings (SSSR count). The van der Waals surface area contributed by atoms with E-state index < -0.39 is 29.3 Å². The van der Waals surface area contributed by atoms with E-state index in [1.54, 1.807) is 0 Å². The van der Waals surface area contributed by atoms with E-state index in [0.29, 0.717) is 5.57 Å². The fourth-order valence-corrected chi connectivity index (χ4v) is 2.62. The molecule has 20 heavy (non-hydrogen) atoms. The lowest BCUT2D eigenvalue weighted by molar-refractivity contribution is 0.101. The van der Waals surface area contributed by atoms with Gasteiger partial charge in [0.25, 0.3) is 5.56 Å². The Labute approximate surface area is 119 Å². The Morgan fingerprint density at radius 3 is 2.80 bits per heavy atom. The number of hydrogen-bond acceptors (Lipinski definition) is 4. The predicted octanol–water partition coefficient (Wildman–Crippen LogP) is 0.216. The monoisotopic (exact) mass is 298 g/mol. The lowest BCUT2D eigenvalue weighted by Crippen LogP contribution is -2.33. The molecular weight excluding hydrogens is 284 g/mol. The first-order valence-electron chi connectivity index (χ1n) is 6.09. The predicted molar refractivity (Wildman–Crippen MR) is 75.6 cm³/mol. The van der Waals surface area contributed by atoms with Gasteiger partial charge in [0.1, 0.15) is 0 Å². The van der Waals surface area contributed by atoms with Crippen LogP contribution in [0.15, 0.2) is 33.5 Å². The maximum atomic E-state index is 11.9. The topological polar surface area (TPSA) is 95.3 Å². The minimum absolute atomic E-state index is 0.231. The number of aliphatic hydroxyl groups excluding tert-OH is 2. The molecule has 0 saturated heterocycles. The maximum Gasteiger partial charge on any atom is 0.328 e. The standard InChI is InChI=1S/C13H15ClN2O4/c1-7-9(6-17)11(18)4-10(7)16-5-8(2-3-14)12(19)15-13(16)20/h2-3,5,9-11,17-18H,1,4,6H2,(H,15,19,20)/t9-,10-,11-/m1/s1. The fraction of sp³-hybridized carbons (Fsp3) is 0.385. The fourth-order valence-electron chi connectivity index (χ4n) is 2.49. The average molecular weight is 299 g/mol. The van der Waals surface area contributed by atoms with Crippen molar-refractivity contribution in [1.29, 1.82) is 0 Å². The van der Waals surface area contributed by atoms with Gasteiger partial charge < -0.3 is 10.2 Å². The van der Waals surface area contributed by atoms with Gasteiger partial charge in [0.2, 0.25) is 0 Å². The van der Waals surface area contributed by atoms with Crippen LogP contribution < -0.4 is 11.2 Å².